The van der Waals surface area contributed by atoms with Gasteiger partial charge in [0.1, 0.15) is 0 Å². The highest BCUT2D eigenvalue weighted by atomic mass is 16.5. The molecule has 0 aliphatic heterocycles. The van der Waals surface area contributed by atoms with Crippen molar-refractivity contribution in [2.75, 3.05) is 25.6 Å². The second-order valence-electron chi connectivity index (χ2n) is 5.62. The van der Waals surface area contributed by atoms with Crippen LogP contribution in [0.3, 0.4) is 0 Å². The molecule has 0 saturated carbocycles. The molecule has 0 fully saturated rings. The Morgan fingerprint density at radius 3 is 2.64 bits per heavy atom. The van der Waals surface area contributed by atoms with E-state index in [0.717, 1.165) is 0 Å². The first kappa shape index (κ1) is 20.7. The molecule has 28 heavy (non-hydrogen) atoms. The second-order valence-corrected chi connectivity index (χ2v) is 5.62. The molecule has 0 saturated heterocycles. The summed E-state index contributed by atoms with van der Waals surface area (Å²) in [5, 5.41) is 5.12. The van der Waals surface area contributed by atoms with Crippen molar-refractivity contribution in [1.82, 2.24) is 5.32 Å². The number of anilines is 1. The van der Waals surface area contributed by atoms with Gasteiger partial charge in [0.05, 0.1) is 18.9 Å². The average Bonchev–Trinajstić information content (AvgIpc) is 3.24. The van der Waals surface area contributed by atoms with E-state index in [-0.39, 0.29) is 30.2 Å². The summed E-state index contributed by atoms with van der Waals surface area (Å²) < 4.78 is 14.4. The van der Waals surface area contributed by atoms with Gasteiger partial charge in [-0.2, -0.15) is 0 Å². The van der Waals surface area contributed by atoms with Crippen molar-refractivity contribution < 1.29 is 33.1 Å². The zero-order valence-electron chi connectivity index (χ0n) is 15.2. The van der Waals surface area contributed by atoms with Crippen LogP contribution in [0.25, 0.3) is 0 Å². The summed E-state index contributed by atoms with van der Waals surface area (Å²) in [5.41, 5.74) is 0.665. The minimum absolute atomic E-state index is 0.0452. The lowest BCUT2D eigenvalue weighted by Gasteiger charge is -2.08. The van der Waals surface area contributed by atoms with E-state index in [2.05, 4.69) is 15.4 Å². The van der Waals surface area contributed by atoms with Crippen molar-refractivity contribution in [2.45, 2.75) is 12.8 Å². The monoisotopic (exact) mass is 388 g/mol. The maximum Gasteiger partial charge on any atom is 0.337 e. The molecule has 1 aromatic heterocycles. The number of hydrogen-bond acceptors (Lipinski definition) is 7. The predicted molar refractivity (Wildman–Crippen MR) is 97.6 cm³/mol. The Balaban J connectivity index is 1.65. The SMILES string of the molecule is COC(=O)c1cccc(NC(=O)COC(=O)CCCNC(=O)c2ccco2)c1. The Hall–Kier alpha value is -3.62. The third-order valence-electron chi connectivity index (χ3n) is 3.52. The zero-order chi connectivity index (χ0) is 20.4. The minimum Gasteiger partial charge on any atom is -0.465 e. The molecule has 0 unspecified atom stereocenters. The molecule has 2 rings (SSSR count). The van der Waals surface area contributed by atoms with Crippen LogP contribution in [0.5, 0.6) is 0 Å². The van der Waals surface area contributed by atoms with Gasteiger partial charge in [-0.1, -0.05) is 6.07 Å². The largest absolute Gasteiger partial charge is 0.465 e. The van der Waals surface area contributed by atoms with E-state index in [1.807, 2.05) is 0 Å². The van der Waals surface area contributed by atoms with Crippen molar-refractivity contribution in [3.63, 3.8) is 0 Å². The first-order valence-corrected chi connectivity index (χ1v) is 8.45. The second kappa shape index (κ2) is 10.5. The lowest BCUT2D eigenvalue weighted by molar-refractivity contribution is -0.147. The summed E-state index contributed by atoms with van der Waals surface area (Å²) in [4.78, 5) is 46.6. The quantitative estimate of drug-likeness (QED) is 0.495. The lowest BCUT2D eigenvalue weighted by atomic mass is 10.2. The van der Waals surface area contributed by atoms with Crippen molar-refractivity contribution in [3.8, 4) is 0 Å². The Morgan fingerprint density at radius 1 is 1.11 bits per heavy atom. The number of nitrogens with one attached hydrogen (secondary N) is 2. The first-order chi connectivity index (χ1) is 13.5. The molecule has 1 heterocycles. The maximum absolute atomic E-state index is 11.8. The minimum atomic E-state index is -0.564. The fourth-order valence-corrected chi connectivity index (χ4v) is 2.19. The van der Waals surface area contributed by atoms with E-state index >= 15 is 0 Å². The van der Waals surface area contributed by atoms with Crippen LogP contribution < -0.4 is 10.6 Å². The highest BCUT2D eigenvalue weighted by molar-refractivity contribution is 5.95. The van der Waals surface area contributed by atoms with Gasteiger partial charge >= 0.3 is 11.9 Å². The summed E-state index contributed by atoms with van der Waals surface area (Å²) in [6.07, 6.45) is 1.79. The van der Waals surface area contributed by atoms with Crippen LogP contribution in [0.4, 0.5) is 5.69 Å². The molecule has 0 aliphatic carbocycles. The van der Waals surface area contributed by atoms with Crippen molar-refractivity contribution >= 4 is 29.4 Å². The molecule has 9 heteroatoms. The molecule has 2 N–H and O–H groups in total. The van der Waals surface area contributed by atoms with Crippen LogP contribution in [0.15, 0.2) is 47.1 Å². The van der Waals surface area contributed by atoms with Gasteiger partial charge in [0.15, 0.2) is 12.4 Å². The Labute approximate surface area is 161 Å². The Bertz CT molecular complexity index is 831. The highest BCUT2D eigenvalue weighted by Gasteiger charge is 2.11. The molecule has 9 nitrogen and oxygen atoms in total. The molecule has 0 radical (unpaired) electrons. The number of carbonyl (C=O) groups excluding carboxylic acids is 4. The summed E-state index contributed by atoms with van der Waals surface area (Å²) in [7, 11) is 1.26. The first-order valence-electron chi connectivity index (χ1n) is 8.45. The van der Waals surface area contributed by atoms with Crippen LogP contribution in [0, 0.1) is 0 Å². The van der Waals surface area contributed by atoms with E-state index in [0.29, 0.717) is 12.1 Å². The molecular weight excluding hydrogens is 368 g/mol. The van der Waals surface area contributed by atoms with Crippen LogP contribution in [-0.2, 0) is 19.1 Å². The number of rotatable bonds is 9. The number of furan rings is 1. The standard InChI is InChI=1S/C19H20N2O7/c1-26-19(25)13-5-2-6-14(11-13)21-16(22)12-28-17(23)8-3-9-20-18(24)15-7-4-10-27-15/h2,4-7,10-11H,3,8-9,12H2,1H3,(H,20,24)(H,21,22). The molecule has 0 spiro atoms. The van der Waals surface area contributed by atoms with Gasteiger partial charge < -0.3 is 24.5 Å². The van der Waals surface area contributed by atoms with Crippen LogP contribution >= 0.6 is 0 Å². The summed E-state index contributed by atoms with van der Waals surface area (Å²) in [6, 6.07) is 9.31. The van der Waals surface area contributed by atoms with E-state index < -0.39 is 24.5 Å². The summed E-state index contributed by atoms with van der Waals surface area (Å²) >= 11 is 0. The van der Waals surface area contributed by atoms with Gasteiger partial charge in [0, 0.05) is 18.7 Å². The van der Waals surface area contributed by atoms with Crippen molar-refractivity contribution in [2.24, 2.45) is 0 Å². The van der Waals surface area contributed by atoms with E-state index in [4.69, 9.17) is 9.15 Å². The molecule has 2 amide bonds. The number of amides is 2. The van der Waals surface area contributed by atoms with E-state index in [1.165, 1.54) is 25.5 Å². The van der Waals surface area contributed by atoms with Gasteiger partial charge in [-0.15, -0.1) is 0 Å². The molecular formula is C19H20N2O7. The zero-order valence-corrected chi connectivity index (χ0v) is 15.2. The Morgan fingerprint density at radius 2 is 1.93 bits per heavy atom. The van der Waals surface area contributed by atoms with Crippen LogP contribution in [0.1, 0.15) is 33.8 Å². The third kappa shape index (κ3) is 6.60. The Kier molecular flexibility index (Phi) is 7.77. The van der Waals surface area contributed by atoms with Crippen LogP contribution in [-0.4, -0.2) is 44.0 Å². The number of carbonyl (C=O) groups is 4. The average molecular weight is 388 g/mol. The van der Waals surface area contributed by atoms with E-state index in [1.54, 1.807) is 24.3 Å². The van der Waals surface area contributed by atoms with Crippen LogP contribution in [0.2, 0.25) is 0 Å². The number of benzene rings is 1. The van der Waals surface area contributed by atoms with Gasteiger partial charge in [-0.25, -0.2) is 4.79 Å². The normalized spacial score (nSPS) is 10.0. The summed E-state index contributed by atoms with van der Waals surface area (Å²) in [6.45, 7) is -0.193. The van der Waals surface area contributed by atoms with Crippen molar-refractivity contribution in [3.05, 3.63) is 54.0 Å². The van der Waals surface area contributed by atoms with Gasteiger partial charge in [0.2, 0.25) is 0 Å². The fraction of sp³-hybridized carbons (Fsp3) is 0.263. The third-order valence-corrected chi connectivity index (χ3v) is 3.52. The predicted octanol–water partition coefficient (Wildman–Crippen LogP) is 1.76. The molecule has 0 atom stereocenters. The molecule has 0 bridgehead atoms. The number of hydrogen-bond donors (Lipinski definition) is 2. The van der Waals surface area contributed by atoms with E-state index in [9.17, 15) is 19.2 Å². The molecule has 2 aromatic rings. The smallest absolute Gasteiger partial charge is 0.337 e. The topological polar surface area (TPSA) is 124 Å². The number of esters is 2. The van der Waals surface area contributed by atoms with Crippen molar-refractivity contribution in [1.29, 1.82) is 0 Å². The number of methoxy groups -OCH3 is 1. The lowest BCUT2D eigenvalue weighted by Crippen LogP contribution is -2.25. The molecule has 148 valence electrons. The summed E-state index contributed by atoms with van der Waals surface area (Å²) in [5.74, 6) is -1.81. The molecule has 1 aromatic carbocycles. The fourth-order valence-electron chi connectivity index (χ4n) is 2.19. The van der Waals surface area contributed by atoms with Gasteiger partial charge in [0.25, 0.3) is 11.8 Å². The number of ether oxygens (including phenoxy) is 2. The van der Waals surface area contributed by atoms with Gasteiger partial charge in [-0.05, 0) is 36.8 Å². The highest BCUT2D eigenvalue weighted by Crippen LogP contribution is 2.11. The molecule has 0 aliphatic rings. The maximum atomic E-state index is 11.8. The van der Waals surface area contributed by atoms with Gasteiger partial charge in [-0.3, -0.25) is 14.4 Å².